The smallest absolute Gasteiger partial charge is 0.167 e. The van der Waals surface area contributed by atoms with E-state index >= 15 is 0 Å². The van der Waals surface area contributed by atoms with Crippen molar-refractivity contribution in [2.45, 2.75) is 46.6 Å². The highest BCUT2D eigenvalue weighted by Crippen LogP contribution is 2.20. The highest BCUT2D eigenvalue weighted by Gasteiger charge is 2.28. The third kappa shape index (κ3) is 3.93. The SMILES string of the molecule is CCc1ccc(CC(=O)C(O)C(C)(C)C)nc1. The zero-order valence-electron chi connectivity index (χ0n) is 11.0. The molecule has 17 heavy (non-hydrogen) atoms. The van der Waals surface area contributed by atoms with Crippen LogP contribution in [0.5, 0.6) is 0 Å². The average Bonchev–Trinajstić information content (AvgIpc) is 2.27. The Kier molecular flexibility index (Phi) is 4.40. The summed E-state index contributed by atoms with van der Waals surface area (Å²) in [7, 11) is 0. The van der Waals surface area contributed by atoms with Gasteiger partial charge in [0.05, 0.1) is 6.42 Å². The molecule has 1 unspecified atom stereocenters. The van der Waals surface area contributed by atoms with Crippen LogP contribution in [0.25, 0.3) is 0 Å². The molecule has 0 spiro atoms. The summed E-state index contributed by atoms with van der Waals surface area (Å²) in [6.45, 7) is 7.61. The summed E-state index contributed by atoms with van der Waals surface area (Å²) < 4.78 is 0. The summed E-state index contributed by atoms with van der Waals surface area (Å²) >= 11 is 0. The number of aliphatic hydroxyl groups is 1. The van der Waals surface area contributed by atoms with Gasteiger partial charge in [0.15, 0.2) is 5.78 Å². The quantitative estimate of drug-likeness (QED) is 0.870. The zero-order chi connectivity index (χ0) is 13.1. The van der Waals surface area contributed by atoms with Crippen LogP contribution in [-0.4, -0.2) is 22.0 Å². The molecule has 1 aromatic heterocycles. The Morgan fingerprint density at radius 3 is 2.47 bits per heavy atom. The predicted octanol–water partition coefficient (Wildman–Crippen LogP) is 2.16. The predicted molar refractivity (Wildman–Crippen MR) is 67.8 cm³/mol. The van der Waals surface area contributed by atoms with E-state index in [0.717, 1.165) is 17.7 Å². The van der Waals surface area contributed by atoms with Gasteiger partial charge in [0.1, 0.15) is 6.10 Å². The molecule has 1 heterocycles. The number of carbonyl (C=O) groups excluding carboxylic acids is 1. The second kappa shape index (κ2) is 5.41. The second-order valence-electron chi connectivity index (χ2n) is 5.42. The maximum Gasteiger partial charge on any atom is 0.167 e. The molecule has 94 valence electrons. The topological polar surface area (TPSA) is 50.2 Å². The molecule has 3 nitrogen and oxygen atoms in total. The lowest BCUT2D eigenvalue weighted by Crippen LogP contribution is -2.35. The molecule has 0 fully saturated rings. The van der Waals surface area contributed by atoms with Gasteiger partial charge in [0.25, 0.3) is 0 Å². The first-order valence-corrected chi connectivity index (χ1v) is 5.99. The van der Waals surface area contributed by atoms with Crippen LogP contribution >= 0.6 is 0 Å². The second-order valence-corrected chi connectivity index (χ2v) is 5.42. The highest BCUT2D eigenvalue weighted by atomic mass is 16.3. The average molecular weight is 235 g/mol. The van der Waals surface area contributed by atoms with Crippen LogP contribution in [0.3, 0.4) is 0 Å². The van der Waals surface area contributed by atoms with E-state index < -0.39 is 11.5 Å². The number of hydrogen-bond acceptors (Lipinski definition) is 3. The fraction of sp³-hybridized carbons (Fsp3) is 0.571. The lowest BCUT2D eigenvalue weighted by atomic mass is 9.85. The molecule has 0 aliphatic carbocycles. The minimum absolute atomic E-state index is 0.172. The van der Waals surface area contributed by atoms with Gasteiger partial charge >= 0.3 is 0 Å². The molecule has 0 radical (unpaired) electrons. The Morgan fingerprint density at radius 2 is 2.06 bits per heavy atom. The standard InChI is InChI=1S/C14H21NO2/c1-5-10-6-7-11(15-9-10)8-12(16)13(17)14(2,3)4/h6-7,9,13,17H,5,8H2,1-4H3. The number of pyridine rings is 1. The normalized spacial score (nSPS) is 13.5. The van der Waals surface area contributed by atoms with Gasteiger partial charge in [-0.05, 0) is 23.5 Å². The van der Waals surface area contributed by atoms with Crippen LogP contribution in [0, 0.1) is 5.41 Å². The first-order chi connectivity index (χ1) is 7.84. The molecule has 1 aromatic rings. The van der Waals surface area contributed by atoms with Crippen molar-refractivity contribution < 1.29 is 9.90 Å². The van der Waals surface area contributed by atoms with Crippen molar-refractivity contribution >= 4 is 5.78 Å². The first kappa shape index (κ1) is 13.8. The molecule has 0 aliphatic rings. The number of rotatable bonds is 4. The van der Waals surface area contributed by atoms with Crippen molar-refractivity contribution in [2.24, 2.45) is 5.41 Å². The van der Waals surface area contributed by atoms with E-state index in [1.165, 1.54) is 0 Å². The number of aromatic nitrogens is 1. The Bertz CT molecular complexity index is 376. The number of carbonyl (C=O) groups is 1. The summed E-state index contributed by atoms with van der Waals surface area (Å²) in [6, 6.07) is 3.82. The molecule has 0 aliphatic heterocycles. The van der Waals surface area contributed by atoms with E-state index in [4.69, 9.17) is 0 Å². The van der Waals surface area contributed by atoms with Gasteiger partial charge in [-0.3, -0.25) is 9.78 Å². The van der Waals surface area contributed by atoms with Crippen molar-refractivity contribution in [1.82, 2.24) is 4.98 Å². The number of ketones is 1. The van der Waals surface area contributed by atoms with Crippen molar-refractivity contribution in [3.8, 4) is 0 Å². The van der Waals surface area contributed by atoms with E-state index in [0.29, 0.717) is 0 Å². The van der Waals surface area contributed by atoms with Gasteiger partial charge in [-0.2, -0.15) is 0 Å². The lowest BCUT2D eigenvalue weighted by Gasteiger charge is -2.24. The van der Waals surface area contributed by atoms with E-state index in [9.17, 15) is 9.90 Å². The molecule has 0 bridgehead atoms. The zero-order valence-corrected chi connectivity index (χ0v) is 11.0. The Balaban J connectivity index is 2.68. The molecular formula is C14H21NO2. The third-order valence-corrected chi connectivity index (χ3v) is 2.77. The van der Waals surface area contributed by atoms with Crippen molar-refractivity contribution in [2.75, 3.05) is 0 Å². The summed E-state index contributed by atoms with van der Waals surface area (Å²) in [5.41, 5.74) is 1.45. The van der Waals surface area contributed by atoms with Gasteiger partial charge in [0, 0.05) is 11.9 Å². The summed E-state index contributed by atoms with van der Waals surface area (Å²) in [6.07, 6.45) is 1.98. The van der Waals surface area contributed by atoms with Gasteiger partial charge in [-0.1, -0.05) is 33.8 Å². The van der Waals surface area contributed by atoms with Crippen LogP contribution < -0.4 is 0 Å². The first-order valence-electron chi connectivity index (χ1n) is 5.99. The molecule has 1 atom stereocenters. The van der Waals surface area contributed by atoms with E-state index in [-0.39, 0.29) is 12.2 Å². The number of aryl methyl sites for hydroxylation is 1. The van der Waals surface area contributed by atoms with Crippen LogP contribution in [0.1, 0.15) is 39.0 Å². The molecule has 1 rings (SSSR count). The highest BCUT2D eigenvalue weighted by molar-refractivity contribution is 5.85. The third-order valence-electron chi connectivity index (χ3n) is 2.77. The van der Waals surface area contributed by atoms with Crippen molar-refractivity contribution in [3.63, 3.8) is 0 Å². The molecule has 1 N–H and O–H groups in total. The van der Waals surface area contributed by atoms with Gasteiger partial charge in [-0.25, -0.2) is 0 Å². The molecular weight excluding hydrogens is 214 g/mol. The van der Waals surface area contributed by atoms with Crippen LogP contribution in [0.15, 0.2) is 18.3 Å². The molecule has 0 saturated carbocycles. The number of Topliss-reactive ketones (excluding diaryl/α,β-unsaturated/α-hetero) is 1. The Morgan fingerprint density at radius 1 is 1.41 bits per heavy atom. The van der Waals surface area contributed by atoms with Crippen molar-refractivity contribution in [1.29, 1.82) is 0 Å². The molecule has 0 saturated heterocycles. The van der Waals surface area contributed by atoms with Gasteiger partial charge < -0.3 is 5.11 Å². The minimum Gasteiger partial charge on any atom is -0.385 e. The Labute approximate surface area is 103 Å². The molecule has 3 heteroatoms. The van der Waals surface area contributed by atoms with E-state index in [1.54, 1.807) is 6.20 Å². The van der Waals surface area contributed by atoms with Crippen LogP contribution in [0.4, 0.5) is 0 Å². The van der Waals surface area contributed by atoms with E-state index in [2.05, 4.69) is 11.9 Å². The van der Waals surface area contributed by atoms with Crippen LogP contribution in [-0.2, 0) is 17.6 Å². The summed E-state index contributed by atoms with van der Waals surface area (Å²) in [5, 5.41) is 9.84. The number of aliphatic hydroxyl groups excluding tert-OH is 1. The van der Waals surface area contributed by atoms with Gasteiger partial charge in [0.2, 0.25) is 0 Å². The minimum atomic E-state index is -0.935. The number of nitrogens with zero attached hydrogens (tertiary/aromatic N) is 1. The lowest BCUT2D eigenvalue weighted by molar-refractivity contribution is -0.131. The maximum absolute atomic E-state index is 11.8. The van der Waals surface area contributed by atoms with Crippen molar-refractivity contribution in [3.05, 3.63) is 29.6 Å². The van der Waals surface area contributed by atoms with Gasteiger partial charge in [-0.15, -0.1) is 0 Å². The Hall–Kier alpha value is -1.22. The summed E-state index contributed by atoms with van der Waals surface area (Å²) in [5.74, 6) is -0.172. The largest absolute Gasteiger partial charge is 0.385 e. The van der Waals surface area contributed by atoms with Crippen LogP contribution in [0.2, 0.25) is 0 Å². The summed E-state index contributed by atoms with van der Waals surface area (Å²) in [4.78, 5) is 16.0. The fourth-order valence-corrected chi connectivity index (χ4v) is 1.53. The van der Waals surface area contributed by atoms with E-state index in [1.807, 2.05) is 32.9 Å². The number of hydrogen-bond donors (Lipinski definition) is 1. The fourth-order valence-electron chi connectivity index (χ4n) is 1.53. The molecule has 0 amide bonds. The molecule has 0 aromatic carbocycles. The maximum atomic E-state index is 11.8. The monoisotopic (exact) mass is 235 g/mol.